The number of nitrogens with zero attached hydrogens (tertiary/aromatic N) is 1. The van der Waals surface area contributed by atoms with Gasteiger partial charge in [-0.15, -0.1) is 6.92 Å². The van der Waals surface area contributed by atoms with E-state index >= 15 is 0 Å². The summed E-state index contributed by atoms with van der Waals surface area (Å²) in [4.78, 5) is 13.5. The van der Waals surface area contributed by atoms with Crippen LogP contribution in [0.25, 0.3) is 0 Å². The standard InChI is InChI=1S/C12H17BO2.C12H22NO2.Li/c1-11(2)12(3,4)15-13(14-11)10-8-6-5-7-9-10;1-7-8-11(6)15-12(14)13(9(2)3)10(4)5;/h5-9H,1-4H3;7-10H,1-6H3;/q;-1;+1/b;8-7+;. The summed E-state index contributed by atoms with van der Waals surface area (Å²) in [6.45, 7) is 19.8. The average Bonchev–Trinajstić information content (AvgIpc) is 2.83. The summed E-state index contributed by atoms with van der Waals surface area (Å²) >= 11 is 0. The molecule has 1 fully saturated rings. The molecule has 168 valence electrons. The average molecular weight is 423 g/mol. The van der Waals surface area contributed by atoms with Crippen LogP contribution >= 0.6 is 0 Å². The predicted octanol–water partition coefficient (Wildman–Crippen LogP) is 2.36. The minimum absolute atomic E-state index is 0. The molecule has 1 heterocycles. The fourth-order valence-electron chi connectivity index (χ4n) is 3.07. The first-order chi connectivity index (χ1) is 13.8. The van der Waals surface area contributed by atoms with Gasteiger partial charge in [-0.05, 0) is 67.0 Å². The summed E-state index contributed by atoms with van der Waals surface area (Å²) in [5, 5.41) is 0. The van der Waals surface area contributed by atoms with Crippen LogP contribution in [0.3, 0.4) is 0 Å². The van der Waals surface area contributed by atoms with Crippen molar-refractivity contribution in [3.8, 4) is 0 Å². The second-order valence-electron chi connectivity index (χ2n) is 9.07. The fraction of sp³-hybridized carbons (Fsp3) is 0.583. The molecule has 0 atom stereocenters. The molecule has 1 aromatic carbocycles. The Hall–Kier alpha value is -1.32. The molecular formula is C24H39BLiNO4. The summed E-state index contributed by atoms with van der Waals surface area (Å²) in [6.07, 6.45) is 3.96. The van der Waals surface area contributed by atoms with Crippen molar-refractivity contribution < 1.29 is 37.7 Å². The van der Waals surface area contributed by atoms with Crippen molar-refractivity contribution in [1.82, 2.24) is 4.90 Å². The van der Waals surface area contributed by atoms with E-state index in [0.717, 1.165) is 5.46 Å². The van der Waals surface area contributed by atoms with E-state index in [2.05, 4.69) is 27.7 Å². The largest absolute Gasteiger partial charge is 1.00 e. The van der Waals surface area contributed by atoms with Gasteiger partial charge in [-0.3, -0.25) is 0 Å². The van der Waals surface area contributed by atoms with E-state index in [9.17, 15) is 4.79 Å². The minimum atomic E-state index is -0.282. The summed E-state index contributed by atoms with van der Waals surface area (Å²) < 4.78 is 17.0. The molecule has 0 aliphatic carbocycles. The third-order valence-corrected chi connectivity index (χ3v) is 5.30. The van der Waals surface area contributed by atoms with Crippen molar-refractivity contribution >= 4 is 18.7 Å². The second-order valence-corrected chi connectivity index (χ2v) is 9.07. The van der Waals surface area contributed by atoms with E-state index in [1.54, 1.807) is 17.9 Å². The van der Waals surface area contributed by atoms with Crippen molar-refractivity contribution in [2.45, 2.75) is 92.5 Å². The number of allylic oxidation sites excluding steroid dienone is 1. The van der Waals surface area contributed by atoms with Gasteiger partial charge >= 0.3 is 32.1 Å². The molecule has 0 bridgehead atoms. The Morgan fingerprint density at radius 1 is 1.03 bits per heavy atom. The van der Waals surface area contributed by atoms with Crippen LogP contribution in [-0.2, 0) is 14.0 Å². The molecule has 0 spiro atoms. The topological polar surface area (TPSA) is 48.0 Å². The van der Waals surface area contributed by atoms with Gasteiger partial charge in [-0.1, -0.05) is 37.3 Å². The zero-order chi connectivity index (χ0) is 23.1. The Morgan fingerprint density at radius 3 is 1.87 bits per heavy atom. The fourth-order valence-corrected chi connectivity index (χ4v) is 3.07. The van der Waals surface area contributed by atoms with Crippen molar-refractivity contribution in [3.05, 3.63) is 48.6 Å². The van der Waals surface area contributed by atoms with Crippen LogP contribution in [0.4, 0.5) is 4.79 Å². The quantitative estimate of drug-likeness (QED) is 0.539. The maximum absolute atomic E-state index is 11.8. The number of rotatable bonds is 5. The first kappa shape index (κ1) is 29.7. The molecule has 0 aromatic heterocycles. The number of carbonyl (C=O) groups is 1. The molecule has 0 N–H and O–H groups in total. The summed E-state index contributed by atoms with van der Waals surface area (Å²) in [5.74, 6) is 0. The van der Waals surface area contributed by atoms with Crippen LogP contribution in [0, 0.1) is 6.10 Å². The molecule has 1 saturated heterocycles. The Kier molecular flexibility index (Phi) is 12.1. The maximum atomic E-state index is 11.8. The monoisotopic (exact) mass is 423 g/mol. The number of carbonyl (C=O) groups excluding carboxylic acids is 1. The number of amides is 1. The van der Waals surface area contributed by atoms with Crippen molar-refractivity contribution in [2.75, 3.05) is 0 Å². The molecular weight excluding hydrogens is 384 g/mol. The molecule has 1 aliphatic heterocycles. The molecule has 1 aromatic rings. The summed E-state index contributed by atoms with van der Waals surface area (Å²) in [5.41, 5.74) is 0.567. The van der Waals surface area contributed by atoms with Crippen molar-refractivity contribution in [3.63, 3.8) is 0 Å². The maximum Gasteiger partial charge on any atom is 1.00 e. The third kappa shape index (κ3) is 8.62. The molecule has 2 rings (SSSR count). The van der Waals surface area contributed by atoms with E-state index in [1.165, 1.54) is 0 Å². The van der Waals surface area contributed by atoms with Gasteiger partial charge < -0.3 is 18.9 Å². The predicted molar refractivity (Wildman–Crippen MR) is 124 cm³/mol. The van der Waals surface area contributed by atoms with Gasteiger partial charge in [0.2, 0.25) is 0 Å². The summed E-state index contributed by atoms with van der Waals surface area (Å²) in [7, 11) is -0.240. The Labute approximate surface area is 202 Å². The normalized spacial score (nSPS) is 16.6. The van der Waals surface area contributed by atoms with Crippen LogP contribution in [0.2, 0.25) is 0 Å². The number of hydrogen-bond acceptors (Lipinski definition) is 4. The molecule has 0 unspecified atom stereocenters. The molecule has 1 amide bonds. The van der Waals surface area contributed by atoms with Gasteiger partial charge in [-0.25, -0.2) is 10.9 Å². The molecule has 1 aliphatic rings. The van der Waals surface area contributed by atoms with Crippen molar-refractivity contribution in [1.29, 1.82) is 0 Å². The minimum Gasteiger partial charge on any atom is -0.508 e. The third-order valence-electron chi connectivity index (χ3n) is 5.30. The molecule has 31 heavy (non-hydrogen) atoms. The van der Waals surface area contributed by atoms with E-state index in [4.69, 9.17) is 14.0 Å². The van der Waals surface area contributed by atoms with E-state index in [-0.39, 0.29) is 55.4 Å². The molecule has 5 nitrogen and oxygen atoms in total. The van der Waals surface area contributed by atoms with Gasteiger partial charge in [0.05, 0.1) is 11.2 Å². The first-order valence-electron chi connectivity index (χ1n) is 10.7. The number of hydrogen-bond donors (Lipinski definition) is 0. The van der Waals surface area contributed by atoms with Crippen LogP contribution in [-0.4, -0.2) is 41.4 Å². The zero-order valence-corrected chi connectivity index (χ0v) is 21.4. The number of benzene rings is 1. The molecule has 0 radical (unpaired) electrons. The van der Waals surface area contributed by atoms with E-state index < -0.39 is 0 Å². The van der Waals surface area contributed by atoms with Gasteiger partial charge in [0.15, 0.2) is 0 Å². The first-order valence-corrected chi connectivity index (χ1v) is 10.7. The Bertz CT molecular complexity index is 668. The van der Waals surface area contributed by atoms with Crippen LogP contribution in [0.1, 0.15) is 69.2 Å². The second kappa shape index (κ2) is 12.7. The Balaban J connectivity index is 0.000000562. The van der Waals surface area contributed by atoms with Crippen LogP contribution in [0.15, 0.2) is 42.5 Å². The SMILES string of the molecule is C/C=C/[C-](C)OC(=O)N(C(C)C)C(C)C.CC1(C)OB(c2ccccc2)OC1(C)C.[Li+]. The van der Waals surface area contributed by atoms with Gasteiger partial charge in [0.1, 0.15) is 0 Å². The summed E-state index contributed by atoms with van der Waals surface area (Å²) in [6, 6.07) is 10.4. The molecule has 0 saturated carbocycles. The zero-order valence-electron chi connectivity index (χ0n) is 21.4. The van der Waals surface area contributed by atoms with E-state index in [1.807, 2.05) is 71.0 Å². The van der Waals surface area contributed by atoms with Crippen LogP contribution < -0.4 is 24.3 Å². The van der Waals surface area contributed by atoms with Gasteiger partial charge in [0, 0.05) is 12.1 Å². The van der Waals surface area contributed by atoms with E-state index in [0.29, 0.717) is 6.10 Å². The van der Waals surface area contributed by atoms with Crippen molar-refractivity contribution in [2.24, 2.45) is 0 Å². The van der Waals surface area contributed by atoms with Gasteiger partial charge in [0.25, 0.3) is 0 Å². The number of ether oxygens (including phenoxy) is 1. The smallest absolute Gasteiger partial charge is 0.508 e. The van der Waals surface area contributed by atoms with Crippen LogP contribution in [0.5, 0.6) is 0 Å². The Morgan fingerprint density at radius 2 is 1.48 bits per heavy atom. The van der Waals surface area contributed by atoms with Gasteiger partial charge in [-0.2, -0.15) is 6.08 Å². The molecule has 7 heteroatoms.